The van der Waals surface area contributed by atoms with E-state index in [0.29, 0.717) is 0 Å². The van der Waals surface area contributed by atoms with Crippen LogP contribution in [0.2, 0.25) is 0 Å². The average molecular weight is 354 g/mol. The first-order chi connectivity index (χ1) is 10.6. The Hall–Kier alpha value is -2.23. The highest BCUT2D eigenvalue weighted by Gasteiger charge is 2.48. The lowest BCUT2D eigenvalue weighted by molar-refractivity contribution is -0.137. The first-order valence-electron chi connectivity index (χ1n) is 6.14. The molecule has 10 heteroatoms. The van der Waals surface area contributed by atoms with Crippen LogP contribution in [0.5, 0.6) is 11.5 Å². The van der Waals surface area contributed by atoms with E-state index in [4.69, 9.17) is 4.74 Å². The summed E-state index contributed by atoms with van der Waals surface area (Å²) in [6.45, 7) is 1.68. The lowest BCUT2D eigenvalue weighted by Crippen LogP contribution is -2.28. The third-order valence-electron chi connectivity index (χ3n) is 2.39. The predicted molar refractivity (Wildman–Crippen MR) is 74.3 cm³/mol. The Morgan fingerprint density at radius 1 is 1.30 bits per heavy atom. The van der Waals surface area contributed by atoms with E-state index >= 15 is 0 Å². The van der Waals surface area contributed by atoms with Crippen LogP contribution in [0, 0.1) is 0 Å². The molecule has 1 aromatic rings. The van der Waals surface area contributed by atoms with Crippen molar-refractivity contribution in [3.63, 3.8) is 0 Å². The van der Waals surface area contributed by atoms with Gasteiger partial charge in [0.25, 0.3) is 0 Å². The Bertz CT molecular complexity index is 694. The third kappa shape index (κ3) is 5.16. The van der Waals surface area contributed by atoms with Gasteiger partial charge in [-0.2, -0.15) is 21.6 Å². The van der Waals surface area contributed by atoms with Crippen LogP contribution in [0.15, 0.2) is 24.3 Å². The molecular formula is C13H13F3O6S. The Balaban J connectivity index is 3.21. The van der Waals surface area contributed by atoms with Gasteiger partial charge in [0.2, 0.25) is 0 Å². The largest absolute Gasteiger partial charge is 0.534 e. The quantitative estimate of drug-likeness (QED) is 0.338. The first kappa shape index (κ1) is 18.8. The number of hydrogen-bond donors (Lipinski definition) is 0. The molecule has 0 bridgehead atoms. The summed E-state index contributed by atoms with van der Waals surface area (Å²) in [5.41, 5.74) is -5.66. The van der Waals surface area contributed by atoms with E-state index in [1.807, 2.05) is 0 Å². The lowest BCUT2D eigenvalue weighted by Gasteiger charge is -2.12. The molecule has 0 aliphatic heterocycles. The Kier molecular flexibility index (Phi) is 6.02. The van der Waals surface area contributed by atoms with Gasteiger partial charge in [0.1, 0.15) is 5.75 Å². The van der Waals surface area contributed by atoms with Crippen LogP contribution in [0.1, 0.15) is 12.5 Å². The second kappa shape index (κ2) is 7.36. The van der Waals surface area contributed by atoms with Crippen LogP contribution in [0.25, 0.3) is 6.08 Å². The fraction of sp³-hybridized carbons (Fsp3) is 0.308. The van der Waals surface area contributed by atoms with Crippen molar-refractivity contribution in [2.24, 2.45) is 0 Å². The first-order valence-corrected chi connectivity index (χ1v) is 7.55. The van der Waals surface area contributed by atoms with Crippen molar-refractivity contribution in [2.45, 2.75) is 12.4 Å². The highest BCUT2D eigenvalue weighted by Crippen LogP contribution is 2.32. The number of carbonyl (C=O) groups excluding carboxylic acids is 1. The third-order valence-corrected chi connectivity index (χ3v) is 3.36. The van der Waals surface area contributed by atoms with Gasteiger partial charge in [0, 0.05) is 17.7 Å². The molecule has 0 spiro atoms. The summed E-state index contributed by atoms with van der Waals surface area (Å²) in [5, 5.41) is 0. The summed E-state index contributed by atoms with van der Waals surface area (Å²) < 4.78 is 73.0. The van der Waals surface area contributed by atoms with Crippen LogP contribution >= 0.6 is 0 Å². The zero-order valence-electron chi connectivity index (χ0n) is 12.1. The molecular weight excluding hydrogens is 341 g/mol. The maximum absolute atomic E-state index is 12.4. The van der Waals surface area contributed by atoms with E-state index in [9.17, 15) is 26.4 Å². The number of halogens is 3. The van der Waals surface area contributed by atoms with Gasteiger partial charge in [-0.05, 0) is 25.1 Å². The number of benzene rings is 1. The van der Waals surface area contributed by atoms with Gasteiger partial charge in [0.05, 0.1) is 13.7 Å². The van der Waals surface area contributed by atoms with Crippen molar-refractivity contribution in [2.75, 3.05) is 13.7 Å². The number of carbonyl (C=O) groups is 1. The fourth-order valence-electron chi connectivity index (χ4n) is 1.37. The zero-order chi connectivity index (χ0) is 17.7. The van der Waals surface area contributed by atoms with E-state index in [1.54, 1.807) is 6.92 Å². The average Bonchev–Trinajstić information content (AvgIpc) is 2.44. The molecule has 0 aliphatic carbocycles. The molecule has 0 saturated carbocycles. The van der Waals surface area contributed by atoms with Crippen LogP contribution in [0.3, 0.4) is 0 Å². The summed E-state index contributed by atoms with van der Waals surface area (Å²) in [4.78, 5) is 11.2. The fourth-order valence-corrected chi connectivity index (χ4v) is 1.84. The Morgan fingerprint density at radius 3 is 2.48 bits per heavy atom. The number of rotatable bonds is 6. The van der Waals surface area contributed by atoms with E-state index in [0.717, 1.165) is 18.2 Å². The minimum atomic E-state index is -5.85. The Morgan fingerprint density at radius 2 is 1.96 bits per heavy atom. The Labute approximate surface area is 130 Å². The normalized spacial score (nSPS) is 12.2. The molecule has 0 atom stereocenters. The summed E-state index contributed by atoms with van der Waals surface area (Å²) in [6, 6.07) is 3.54. The molecule has 0 aliphatic rings. The van der Waals surface area contributed by atoms with E-state index in [-0.39, 0.29) is 17.9 Å². The van der Waals surface area contributed by atoms with Crippen molar-refractivity contribution in [3.8, 4) is 11.5 Å². The molecule has 1 aromatic carbocycles. The van der Waals surface area contributed by atoms with Crippen LogP contribution in [-0.4, -0.2) is 33.6 Å². The molecule has 0 radical (unpaired) electrons. The molecule has 1 rings (SSSR count). The molecule has 0 amide bonds. The minimum Gasteiger partial charge on any atom is -0.497 e. The number of alkyl halides is 3. The summed E-state index contributed by atoms with van der Waals surface area (Å²) in [6.07, 6.45) is 2.00. The maximum Gasteiger partial charge on any atom is 0.534 e. The number of ether oxygens (including phenoxy) is 2. The SMILES string of the molecule is CCOC(=O)C=Cc1ccc(OC)cc1OS(=O)(=O)C(F)(F)F. The molecule has 23 heavy (non-hydrogen) atoms. The highest BCUT2D eigenvalue weighted by molar-refractivity contribution is 7.88. The smallest absolute Gasteiger partial charge is 0.497 e. The molecule has 0 fully saturated rings. The van der Waals surface area contributed by atoms with Crippen molar-refractivity contribution in [1.29, 1.82) is 0 Å². The van der Waals surface area contributed by atoms with Gasteiger partial charge in [-0.1, -0.05) is 0 Å². The molecule has 0 aromatic heterocycles. The summed E-state index contributed by atoms with van der Waals surface area (Å²) in [5.74, 6) is -1.30. The predicted octanol–water partition coefficient (Wildman–Crippen LogP) is 2.50. The van der Waals surface area contributed by atoms with E-state index in [2.05, 4.69) is 8.92 Å². The van der Waals surface area contributed by atoms with Crippen LogP contribution in [-0.2, 0) is 19.6 Å². The molecule has 0 N–H and O–H groups in total. The topological polar surface area (TPSA) is 78.9 Å². The minimum absolute atomic E-state index is 0.0747. The molecule has 0 heterocycles. The van der Waals surface area contributed by atoms with Crippen molar-refractivity contribution in [3.05, 3.63) is 29.8 Å². The summed E-state index contributed by atoms with van der Waals surface area (Å²) >= 11 is 0. The van der Waals surface area contributed by atoms with Gasteiger partial charge < -0.3 is 13.7 Å². The molecule has 0 unspecified atom stereocenters. The van der Waals surface area contributed by atoms with Gasteiger partial charge in [0.15, 0.2) is 5.75 Å². The standard InChI is InChI=1S/C13H13F3O6S/c1-3-21-12(17)7-5-9-4-6-10(20-2)8-11(9)22-23(18,19)13(14,15)16/h4-8H,3H2,1-2H3. The number of esters is 1. The number of methoxy groups -OCH3 is 1. The monoisotopic (exact) mass is 354 g/mol. The molecule has 0 saturated heterocycles. The van der Waals surface area contributed by atoms with Crippen molar-refractivity contribution < 1.29 is 40.0 Å². The van der Waals surface area contributed by atoms with E-state index in [1.165, 1.54) is 19.2 Å². The van der Waals surface area contributed by atoms with Gasteiger partial charge in [-0.3, -0.25) is 0 Å². The highest BCUT2D eigenvalue weighted by atomic mass is 32.2. The second-order valence-electron chi connectivity index (χ2n) is 3.97. The van der Waals surface area contributed by atoms with Gasteiger partial charge in [-0.25, -0.2) is 4.79 Å². The van der Waals surface area contributed by atoms with Crippen LogP contribution < -0.4 is 8.92 Å². The van der Waals surface area contributed by atoms with E-state index < -0.39 is 27.3 Å². The van der Waals surface area contributed by atoms with Crippen LogP contribution in [0.4, 0.5) is 13.2 Å². The lowest BCUT2D eigenvalue weighted by atomic mass is 10.2. The zero-order valence-corrected chi connectivity index (χ0v) is 12.9. The van der Waals surface area contributed by atoms with Crippen molar-refractivity contribution >= 4 is 22.2 Å². The summed E-state index contributed by atoms with van der Waals surface area (Å²) in [7, 11) is -4.61. The molecule has 6 nitrogen and oxygen atoms in total. The van der Waals surface area contributed by atoms with Gasteiger partial charge >= 0.3 is 21.6 Å². The maximum atomic E-state index is 12.4. The number of hydrogen-bond acceptors (Lipinski definition) is 6. The second-order valence-corrected chi connectivity index (χ2v) is 5.51. The van der Waals surface area contributed by atoms with Gasteiger partial charge in [-0.15, -0.1) is 0 Å². The molecule has 128 valence electrons. The van der Waals surface area contributed by atoms with Crippen molar-refractivity contribution in [1.82, 2.24) is 0 Å².